The van der Waals surface area contributed by atoms with Crippen LogP contribution in [-0.2, 0) is 17.8 Å². The third-order valence-electron chi connectivity index (χ3n) is 5.25. The number of anilines is 1. The van der Waals surface area contributed by atoms with Gasteiger partial charge in [-0.05, 0) is 54.6 Å². The number of ether oxygens (including phenoxy) is 3. The highest BCUT2D eigenvalue weighted by molar-refractivity contribution is 7.09. The van der Waals surface area contributed by atoms with Gasteiger partial charge in [-0.15, -0.1) is 11.3 Å². The molecule has 1 aromatic heterocycles. The van der Waals surface area contributed by atoms with E-state index in [0.29, 0.717) is 23.7 Å². The smallest absolute Gasteiger partial charge is 0.238 e. The van der Waals surface area contributed by atoms with E-state index in [-0.39, 0.29) is 25.3 Å². The van der Waals surface area contributed by atoms with Crippen LogP contribution in [0.15, 0.2) is 60.0 Å². The second-order valence-electron chi connectivity index (χ2n) is 7.50. The molecule has 0 bridgehead atoms. The predicted octanol–water partition coefficient (Wildman–Crippen LogP) is 4.56. The first-order chi connectivity index (χ1) is 15.1. The molecule has 1 atom stereocenters. The van der Waals surface area contributed by atoms with Crippen molar-refractivity contribution in [3.8, 4) is 17.2 Å². The lowest BCUT2D eigenvalue weighted by molar-refractivity contribution is -0.118. The van der Waals surface area contributed by atoms with E-state index in [0.717, 1.165) is 17.7 Å². The number of nitrogens with zero attached hydrogens (tertiary/aromatic N) is 1. The molecule has 2 aromatic carbocycles. The van der Waals surface area contributed by atoms with Crippen LogP contribution in [-0.4, -0.2) is 37.3 Å². The van der Waals surface area contributed by atoms with E-state index in [1.807, 2.05) is 36.4 Å². The van der Waals surface area contributed by atoms with Crippen molar-refractivity contribution in [2.45, 2.75) is 25.9 Å². The number of fused-ring (bicyclic) bond motifs is 1. The van der Waals surface area contributed by atoms with Gasteiger partial charge in [0.1, 0.15) is 5.75 Å². The summed E-state index contributed by atoms with van der Waals surface area (Å²) < 4.78 is 16.0. The molecule has 0 saturated carbocycles. The number of benzene rings is 2. The molecule has 3 aromatic rings. The van der Waals surface area contributed by atoms with Gasteiger partial charge in [0.15, 0.2) is 11.5 Å². The zero-order chi connectivity index (χ0) is 21.6. The lowest BCUT2D eigenvalue weighted by atomic mass is 10.1. The average molecular weight is 439 g/mol. The van der Waals surface area contributed by atoms with Gasteiger partial charge in [0, 0.05) is 29.2 Å². The summed E-state index contributed by atoms with van der Waals surface area (Å²) in [6, 6.07) is 17.8. The van der Waals surface area contributed by atoms with E-state index in [9.17, 15) is 4.79 Å². The minimum Gasteiger partial charge on any atom is -0.497 e. The number of rotatable bonds is 9. The largest absolute Gasteiger partial charge is 0.497 e. The first-order valence-corrected chi connectivity index (χ1v) is 11.1. The predicted molar refractivity (Wildman–Crippen MR) is 122 cm³/mol. The van der Waals surface area contributed by atoms with Gasteiger partial charge < -0.3 is 19.5 Å². The van der Waals surface area contributed by atoms with Crippen molar-refractivity contribution in [1.29, 1.82) is 0 Å². The standard InChI is InChI=1S/C24H26N2O4S/c1-17(12-21-4-3-11-31-21)26(14-18-5-8-20(28-2)9-6-18)15-24(27)25-19-7-10-22-23(13-19)30-16-29-22/h3-11,13,17H,12,14-16H2,1-2H3,(H,25,27). The molecule has 0 aliphatic carbocycles. The number of nitrogens with one attached hydrogen (secondary N) is 1. The summed E-state index contributed by atoms with van der Waals surface area (Å²) in [4.78, 5) is 16.4. The van der Waals surface area contributed by atoms with Gasteiger partial charge in [-0.1, -0.05) is 18.2 Å². The molecule has 2 heterocycles. The Balaban J connectivity index is 1.44. The van der Waals surface area contributed by atoms with E-state index >= 15 is 0 Å². The maximum absolute atomic E-state index is 12.9. The van der Waals surface area contributed by atoms with Crippen LogP contribution in [0.3, 0.4) is 0 Å². The van der Waals surface area contributed by atoms with Crippen LogP contribution in [0.25, 0.3) is 0 Å². The molecule has 162 valence electrons. The molecule has 1 aliphatic heterocycles. The molecule has 1 unspecified atom stereocenters. The molecule has 0 saturated heterocycles. The zero-order valence-electron chi connectivity index (χ0n) is 17.7. The summed E-state index contributed by atoms with van der Waals surface area (Å²) in [5.74, 6) is 2.11. The first kappa shape index (κ1) is 21.2. The van der Waals surface area contributed by atoms with Crippen LogP contribution < -0.4 is 19.5 Å². The minimum absolute atomic E-state index is 0.0644. The normalized spacial score (nSPS) is 13.3. The van der Waals surface area contributed by atoms with E-state index in [1.54, 1.807) is 24.5 Å². The van der Waals surface area contributed by atoms with Crippen molar-refractivity contribution < 1.29 is 19.0 Å². The number of carbonyl (C=O) groups excluding carboxylic acids is 1. The van der Waals surface area contributed by atoms with E-state index in [1.165, 1.54) is 4.88 Å². The van der Waals surface area contributed by atoms with Gasteiger partial charge >= 0.3 is 0 Å². The highest BCUT2D eigenvalue weighted by Crippen LogP contribution is 2.34. The fourth-order valence-electron chi connectivity index (χ4n) is 3.54. The summed E-state index contributed by atoms with van der Waals surface area (Å²) in [6.45, 7) is 3.33. The number of methoxy groups -OCH3 is 1. The van der Waals surface area contributed by atoms with Crippen LogP contribution in [0.2, 0.25) is 0 Å². The lowest BCUT2D eigenvalue weighted by Crippen LogP contribution is -2.40. The molecule has 1 aliphatic rings. The highest BCUT2D eigenvalue weighted by Gasteiger charge is 2.20. The van der Waals surface area contributed by atoms with Crippen molar-refractivity contribution in [3.05, 3.63) is 70.4 Å². The van der Waals surface area contributed by atoms with Crippen LogP contribution >= 0.6 is 11.3 Å². The van der Waals surface area contributed by atoms with Crippen molar-refractivity contribution in [2.75, 3.05) is 25.8 Å². The van der Waals surface area contributed by atoms with E-state index < -0.39 is 0 Å². The van der Waals surface area contributed by atoms with Crippen molar-refractivity contribution in [2.24, 2.45) is 0 Å². The fourth-order valence-corrected chi connectivity index (χ4v) is 4.37. The van der Waals surface area contributed by atoms with Gasteiger partial charge in [-0.2, -0.15) is 0 Å². The monoisotopic (exact) mass is 438 g/mol. The maximum atomic E-state index is 12.9. The number of hydrogen-bond donors (Lipinski definition) is 1. The van der Waals surface area contributed by atoms with Gasteiger partial charge in [-0.3, -0.25) is 9.69 Å². The molecule has 0 fully saturated rings. The topological polar surface area (TPSA) is 60.0 Å². The van der Waals surface area contributed by atoms with Crippen LogP contribution in [0.1, 0.15) is 17.4 Å². The van der Waals surface area contributed by atoms with E-state index in [2.05, 4.69) is 34.7 Å². The maximum Gasteiger partial charge on any atom is 0.238 e. The Morgan fingerprint density at radius 2 is 1.97 bits per heavy atom. The van der Waals surface area contributed by atoms with Crippen LogP contribution in [0.4, 0.5) is 5.69 Å². The Kier molecular flexibility index (Phi) is 6.74. The summed E-state index contributed by atoms with van der Waals surface area (Å²) in [6.07, 6.45) is 0.894. The second-order valence-corrected chi connectivity index (χ2v) is 8.53. The summed E-state index contributed by atoms with van der Waals surface area (Å²) in [5, 5.41) is 5.07. The Hall–Kier alpha value is -3.03. The van der Waals surface area contributed by atoms with Crippen molar-refractivity contribution in [1.82, 2.24) is 4.90 Å². The second kappa shape index (κ2) is 9.85. The van der Waals surface area contributed by atoms with Crippen LogP contribution in [0.5, 0.6) is 17.2 Å². The number of amides is 1. The summed E-state index contributed by atoms with van der Waals surface area (Å²) in [5.41, 5.74) is 1.83. The SMILES string of the molecule is COc1ccc(CN(CC(=O)Nc2ccc3c(c2)OCO3)C(C)Cc2cccs2)cc1. The molecular weight excluding hydrogens is 412 g/mol. The fraction of sp³-hybridized carbons (Fsp3) is 0.292. The number of carbonyl (C=O) groups is 1. The van der Waals surface area contributed by atoms with Gasteiger partial charge in [0.2, 0.25) is 12.7 Å². The Bertz CT molecular complexity index is 1000. The molecule has 0 radical (unpaired) electrons. The first-order valence-electron chi connectivity index (χ1n) is 10.2. The molecule has 4 rings (SSSR count). The van der Waals surface area contributed by atoms with Crippen molar-refractivity contribution in [3.63, 3.8) is 0 Å². The Morgan fingerprint density at radius 3 is 2.71 bits per heavy atom. The number of thiophene rings is 1. The van der Waals surface area contributed by atoms with Gasteiger partial charge in [0.05, 0.1) is 13.7 Å². The van der Waals surface area contributed by atoms with Gasteiger partial charge in [0.25, 0.3) is 0 Å². The molecule has 31 heavy (non-hydrogen) atoms. The van der Waals surface area contributed by atoms with Crippen molar-refractivity contribution >= 4 is 22.9 Å². The molecular formula is C24H26N2O4S. The third-order valence-corrected chi connectivity index (χ3v) is 6.15. The third kappa shape index (κ3) is 5.57. The Morgan fingerprint density at radius 1 is 1.16 bits per heavy atom. The van der Waals surface area contributed by atoms with E-state index in [4.69, 9.17) is 14.2 Å². The lowest BCUT2D eigenvalue weighted by Gasteiger charge is -2.28. The summed E-state index contributed by atoms with van der Waals surface area (Å²) >= 11 is 1.74. The molecule has 1 N–H and O–H groups in total. The highest BCUT2D eigenvalue weighted by atomic mass is 32.1. The molecule has 1 amide bonds. The minimum atomic E-state index is -0.0644. The molecule has 0 spiro atoms. The Labute approximate surface area is 186 Å². The average Bonchev–Trinajstić information content (AvgIpc) is 3.45. The van der Waals surface area contributed by atoms with Crippen LogP contribution in [0, 0.1) is 0 Å². The molecule has 6 nitrogen and oxygen atoms in total. The number of hydrogen-bond acceptors (Lipinski definition) is 6. The quantitative estimate of drug-likeness (QED) is 0.531. The zero-order valence-corrected chi connectivity index (χ0v) is 18.5. The molecule has 7 heteroatoms. The van der Waals surface area contributed by atoms with Gasteiger partial charge in [-0.25, -0.2) is 0 Å². The summed E-state index contributed by atoms with van der Waals surface area (Å²) in [7, 11) is 1.66.